The van der Waals surface area contributed by atoms with Crippen LogP contribution in [0.5, 0.6) is 5.75 Å². The maximum atomic E-state index is 12.9. The van der Waals surface area contributed by atoms with Gasteiger partial charge >= 0.3 is 0 Å². The molecule has 1 aliphatic heterocycles. The molecule has 0 bridgehead atoms. The second-order valence-corrected chi connectivity index (χ2v) is 6.98. The molecule has 0 aliphatic carbocycles. The molecule has 3 rings (SSSR count). The Bertz CT molecular complexity index is 891. The maximum absolute atomic E-state index is 12.9. The smallest absolute Gasteiger partial charge is 0.246 e. The first-order chi connectivity index (χ1) is 13.3. The minimum atomic E-state index is -0.123. The number of nitrogen functional groups attached to an aromatic ring is 1. The third-order valence-electron chi connectivity index (χ3n) is 5.04. The summed E-state index contributed by atoms with van der Waals surface area (Å²) < 4.78 is 5.24. The summed E-state index contributed by atoms with van der Waals surface area (Å²) in [6.07, 6.45) is 0.148. The van der Waals surface area contributed by atoms with Crippen molar-refractivity contribution in [2.24, 2.45) is 0 Å². The molecule has 8 heteroatoms. The fourth-order valence-electron chi connectivity index (χ4n) is 3.49. The lowest BCUT2D eigenvalue weighted by Gasteiger charge is -2.39. The Labute approximate surface area is 164 Å². The van der Waals surface area contributed by atoms with Gasteiger partial charge in [-0.1, -0.05) is 6.07 Å². The van der Waals surface area contributed by atoms with Crippen LogP contribution in [0, 0.1) is 13.8 Å². The van der Waals surface area contributed by atoms with E-state index in [2.05, 4.69) is 9.97 Å². The summed E-state index contributed by atoms with van der Waals surface area (Å²) in [6.45, 7) is 6.02. The number of hydrogen-bond acceptors (Lipinski definition) is 6. The first-order valence-electron chi connectivity index (χ1n) is 9.13. The highest BCUT2D eigenvalue weighted by molar-refractivity contribution is 5.98. The standard InChI is InChI=1S/C20H25N5O3/c1-12-10-25(15-6-5-7-16(8-15)28-4)19(27)11-24(12)18(26)9-17-13(2)22-20(21)23-14(17)3/h5-8,12H,9-11H2,1-4H3,(H2,21,22,23). The molecule has 2 amide bonds. The summed E-state index contributed by atoms with van der Waals surface area (Å²) in [5.41, 5.74) is 8.56. The number of benzene rings is 1. The highest BCUT2D eigenvalue weighted by Crippen LogP contribution is 2.25. The number of carbonyl (C=O) groups is 2. The van der Waals surface area contributed by atoms with Gasteiger partial charge in [-0.05, 0) is 32.9 Å². The highest BCUT2D eigenvalue weighted by atomic mass is 16.5. The second kappa shape index (κ2) is 7.84. The Morgan fingerprint density at radius 2 is 1.96 bits per heavy atom. The number of amides is 2. The van der Waals surface area contributed by atoms with Crippen molar-refractivity contribution in [3.63, 3.8) is 0 Å². The number of nitrogens with two attached hydrogens (primary N) is 1. The monoisotopic (exact) mass is 383 g/mol. The molecule has 1 aliphatic rings. The molecule has 0 radical (unpaired) electrons. The van der Waals surface area contributed by atoms with E-state index >= 15 is 0 Å². The number of ether oxygens (including phenoxy) is 1. The zero-order valence-corrected chi connectivity index (χ0v) is 16.6. The molecule has 2 N–H and O–H groups in total. The van der Waals surface area contributed by atoms with E-state index in [0.717, 1.165) is 11.3 Å². The summed E-state index contributed by atoms with van der Waals surface area (Å²) in [5, 5.41) is 0. The molecule has 0 saturated carbocycles. The van der Waals surface area contributed by atoms with Crippen molar-refractivity contribution in [2.75, 3.05) is 30.8 Å². The summed E-state index contributed by atoms with van der Waals surface area (Å²) in [6, 6.07) is 7.24. The number of hydrogen-bond donors (Lipinski definition) is 1. The second-order valence-electron chi connectivity index (χ2n) is 6.98. The Hall–Kier alpha value is -3.16. The Morgan fingerprint density at radius 3 is 2.61 bits per heavy atom. The maximum Gasteiger partial charge on any atom is 0.246 e. The number of aromatic nitrogens is 2. The number of aryl methyl sites for hydroxylation is 2. The van der Waals surface area contributed by atoms with Crippen molar-refractivity contribution < 1.29 is 14.3 Å². The van der Waals surface area contributed by atoms with E-state index < -0.39 is 0 Å². The summed E-state index contributed by atoms with van der Waals surface area (Å²) in [5.74, 6) is 0.639. The van der Waals surface area contributed by atoms with Crippen molar-refractivity contribution in [1.82, 2.24) is 14.9 Å². The topological polar surface area (TPSA) is 102 Å². The zero-order chi connectivity index (χ0) is 20.4. The Morgan fingerprint density at radius 1 is 1.29 bits per heavy atom. The van der Waals surface area contributed by atoms with E-state index in [9.17, 15) is 9.59 Å². The van der Waals surface area contributed by atoms with Gasteiger partial charge in [0.05, 0.1) is 13.5 Å². The lowest BCUT2D eigenvalue weighted by Crippen LogP contribution is -2.57. The van der Waals surface area contributed by atoms with Crippen LogP contribution in [-0.4, -0.2) is 52.9 Å². The predicted octanol–water partition coefficient (Wildman–Crippen LogP) is 1.49. The van der Waals surface area contributed by atoms with Gasteiger partial charge in [-0.25, -0.2) is 9.97 Å². The molecule has 2 heterocycles. The number of carbonyl (C=O) groups excluding carboxylic acids is 2. The van der Waals surface area contributed by atoms with E-state index in [1.807, 2.05) is 45.0 Å². The van der Waals surface area contributed by atoms with E-state index in [4.69, 9.17) is 10.5 Å². The first kappa shape index (κ1) is 19.6. The molecule has 2 aromatic rings. The van der Waals surface area contributed by atoms with Crippen molar-refractivity contribution in [3.05, 3.63) is 41.2 Å². The van der Waals surface area contributed by atoms with Crippen LogP contribution in [0.4, 0.5) is 11.6 Å². The van der Waals surface area contributed by atoms with Crippen LogP contribution in [0.2, 0.25) is 0 Å². The fraction of sp³-hybridized carbons (Fsp3) is 0.400. The normalized spacial score (nSPS) is 17.0. The Kier molecular flexibility index (Phi) is 5.48. The molecular formula is C20H25N5O3. The molecule has 28 heavy (non-hydrogen) atoms. The van der Waals surface area contributed by atoms with Crippen LogP contribution >= 0.6 is 0 Å². The number of anilines is 2. The van der Waals surface area contributed by atoms with Crippen LogP contribution in [-0.2, 0) is 16.0 Å². The molecule has 0 spiro atoms. The van der Waals surface area contributed by atoms with Gasteiger partial charge in [-0.2, -0.15) is 0 Å². The van der Waals surface area contributed by atoms with E-state index in [0.29, 0.717) is 23.7 Å². The van der Waals surface area contributed by atoms with Crippen molar-refractivity contribution in [1.29, 1.82) is 0 Å². The SMILES string of the molecule is COc1cccc(N2CC(C)N(C(=O)Cc3c(C)nc(N)nc3C)CC2=O)c1. The van der Waals surface area contributed by atoms with Crippen LogP contribution < -0.4 is 15.4 Å². The van der Waals surface area contributed by atoms with Crippen LogP contribution in [0.1, 0.15) is 23.9 Å². The lowest BCUT2D eigenvalue weighted by atomic mass is 10.1. The van der Waals surface area contributed by atoms with Crippen molar-refractivity contribution in [2.45, 2.75) is 33.2 Å². The number of methoxy groups -OCH3 is 1. The van der Waals surface area contributed by atoms with Gasteiger partial charge < -0.3 is 20.3 Å². The van der Waals surface area contributed by atoms with Gasteiger partial charge in [-0.3, -0.25) is 9.59 Å². The zero-order valence-electron chi connectivity index (χ0n) is 16.6. The van der Waals surface area contributed by atoms with Gasteiger partial charge in [0.25, 0.3) is 0 Å². The quantitative estimate of drug-likeness (QED) is 0.858. The number of piperazine rings is 1. The van der Waals surface area contributed by atoms with E-state index in [1.165, 1.54) is 0 Å². The molecule has 148 valence electrons. The van der Waals surface area contributed by atoms with Gasteiger partial charge in [0.2, 0.25) is 17.8 Å². The third-order valence-corrected chi connectivity index (χ3v) is 5.04. The average Bonchev–Trinajstić information content (AvgIpc) is 2.66. The summed E-state index contributed by atoms with van der Waals surface area (Å²) >= 11 is 0. The first-order valence-corrected chi connectivity index (χ1v) is 9.13. The van der Waals surface area contributed by atoms with Crippen molar-refractivity contribution >= 4 is 23.5 Å². The van der Waals surface area contributed by atoms with Gasteiger partial charge in [0.15, 0.2) is 0 Å². The Balaban J connectivity index is 1.75. The fourth-order valence-corrected chi connectivity index (χ4v) is 3.49. The van der Waals surface area contributed by atoms with E-state index in [-0.39, 0.29) is 36.8 Å². The van der Waals surface area contributed by atoms with Crippen LogP contribution in [0.15, 0.2) is 24.3 Å². The van der Waals surface area contributed by atoms with Gasteiger partial charge in [0.1, 0.15) is 12.3 Å². The van der Waals surface area contributed by atoms with Crippen molar-refractivity contribution in [3.8, 4) is 5.75 Å². The molecule has 1 aromatic heterocycles. The molecule has 1 saturated heterocycles. The molecule has 1 aromatic carbocycles. The summed E-state index contributed by atoms with van der Waals surface area (Å²) in [4.78, 5) is 37.2. The predicted molar refractivity (Wildman–Crippen MR) is 106 cm³/mol. The highest BCUT2D eigenvalue weighted by Gasteiger charge is 2.33. The summed E-state index contributed by atoms with van der Waals surface area (Å²) in [7, 11) is 1.59. The minimum Gasteiger partial charge on any atom is -0.497 e. The minimum absolute atomic E-state index is 0.0329. The number of nitrogens with zero attached hydrogens (tertiary/aromatic N) is 4. The molecular weight excluding hydrogens is 358 g/mol. The number of rotatable bonds is 4. The molecule has 1 unspecified atom stereocenters. The lowest BCUT2D eigenvalue weighted by molar-refractivity contribution is -0.138. The third kappa shape index (κ3) is 3.90. The molecule has 8 nitrogen and oxygen atoms in total. The molecule has 1 fully saturated rings. The largest absolute Gasteiger partial charge is 0.497 e. The average molecular weight is 383 g/mol. The van der Waals surface area contributed by atoms with Crippen LogP contribution in [0.25, 0.3) is 0 Å². The molecule has 1 atom stereocenters. The van der Waals surface area contributed by atoms with E-state index in [1.54, 1.807) is 16.9 Å². The van der Waals surface area contributed by atoms with Gasteiger partial charge in [-0.15, -0.1) is 0 Å². The van der Waals surface area contributed by atoms with Gasteiger partial charge in [0, 0.05) is 41.3 Å². The van der Waals surface area contributed by atoms with Crippen LogP contribution in [0.3, 0.4) is 0 Å².